The summed E-state index contributed by atoms with van der Waals surface area (Å²) >= 11 is 0. The van der Waals surface area contributed by atoms with Crippen molar-refractivity contribution in [3.63, 3.8) is 0 Å². The molecule has 4 heteroatoms. The lowest BCUT2D eigenvalue weighted by atomic mass is 9.76. The van der Waals surface area contributed by atoms with Crippen molar-refractivity contribution >= 4 is 0 Å². The molecule has 1 aliphatic heterocycles. The minimum atomic E-state index is -0.573. The van der Waals surface area contributed by atoms with Crippen molar-refractivity contribution in [3.05, 3.63) is 0 Å². The van der Waals surface area contributed by atoms with Crippen LogP contribution in [0.15, 0.2) is 0 Å². The first-order valence-electron chi connectivity index (χ1n) is 7.44. The number of hydrogen-bond acceptors (Lipinski definition) is 4. The third kappa shape index (κ3) is 3.44. The van der Waals surface area contributed by atoms with E-state index in [1.807, 2.05) is 0 Å². The average molecular weight is 256 g/mol. The van der Waals surface area contributed by atoms with E-state index >= 15 is 0 Å². The minimum absolute atomic E-state index is 0.299. The highest BCUT2D eigenvalue weighted by Crippen LogP contribution is 2.32. The second-order valence-corrected chi connectivity index (χ2v) is 6.24. The molecule has 0 aromatic rings. The zero-order valence-corrected chi connectivity index (χ0v) is 11.5. The number of aliphatic hydroxyl groups is 2. The van der Waals surface area contributed by atoms with Gasteiger partial charge in [0.2, 0.25) is 0 Å². The van der Waals surface area contributed by atoms with Crippen LogP contribution >= 0.6 is 0 Å². The number of likely N-dealkylation sites (tertiary alicyclic amines) is 1. The van der Waals surface area contributed by atoms with Crippen molar-refractivity contribution in [1.29, 1.82) is 0 Å². The van der Waals surface area contributed by atoms with Crippen LogP contribution in [0.5, 0.6) is 0 Å². The Kier molecular flexibility index (Phi) is 5.01. The van der Waals surface area contributed by atoms with Crippen LogP contribution < -0.4 is 5.73 Å². The van der Waals surface area contributed by atoms with E-state index in [9.17, 15) is 10.2 Å². The molecule has 2 aliphatic rings. The molecule has 0 bridgehead atoms. The molecule has 5 atom stereocenters. The van der Waals surface area contributed by atoms with Gasteiger partial charge in [0.25, 0.3) is 0 Å². The zero-order chi connectivity index (χ0) is 13.1. The number of nitrogens with two attached hydrogens (primary N) is 1. The van der Waals surface area contributed by atoms with Crippen molar-refractivity contribution < 1.29 is 10.2 Å². The Morgan fingerprint density at radius 2 is 1.83 bits per heavy atom. The zero-order valence-electron chi connectivity index (χ0n) is 11.5. The van der Waals surface area contributed by atoms with Crippen LogP contribution in [0.25, 0.3) is 0 Å². The van der Waals surface area contributed by atoms with Crippen LogP contribution in [0.1, 0.15) is 39.0 Å². The Labute approximate surface area is 110 Å². The van der Waals surface area contributed by atoms with Gasteiger partial charge in [-0.15, -0.1) is 0 Å². The van der Waals surface area contributed by atoms with Crippen LogP contribution in [0.4, 0.5) is 0 Å². The largest absolute Gasteiger partial charge is 0.389 e. The molecule has 0 spiro atoms. The fraction of sp³-hybridized carbons (Fsp3) is 1.00. The quantitative estimate of drug-likeness (QED) is 0.688. The molecule has 2 rings (SSSR count). The van der Waals surface area contributed by atoms with Gasteiger partial charge in [0, 0.05) is 25.7 Å². The molecule has 5 unspecified atom stereocenters. The Balaban J connectivity index is 1.83. The summed E-state index contributed by atoms with van der Waals surface area (Å²) < 4.78 is 0. The van der Waals surface area contributed by atoms with Crippen LogP contribution in [-0.2, 0) is 0 Å². The molecule has 0 radical (unpaired) electrons. The lowest BCUT2D eigenvalue weighted by Crippen LogP contribution is -2.43. The predicted octanol–water partition coefficient (Wildman–Crippen LogP) is 0.567. The molecule has 0 aromatic heterocycles. The van der Waals surface area contributed by atoms with Gasteiger partial charge in [-0.3, -0.25) is 4.90 Å². The third-order valence-corrected chi connectivity index (χ3v) is 4.67. The van der Waals surface area contributed by atoms with Crippen LogP contribution in [0.2, 0.25) is 0 Å². The Morgan fingerprint density at radius 1 is 1.17 bits per heavy atom. The van der Waals surface area contributed by atoms with Gasteiger partial charge in [-0.25, -0.2) is 0 Å². The normalized spacial score (nSPS) is 42.3. The van der Waals surface area contributed by atoms with Crippen molar-refractivity contribution in [3.8, 4) is 0 Å². The lowest BCUT2D eigenvalue weighted by Gasteiger charge is -2.36. The SMILES string of the molecule is CCCC1CCC(N)C(CN2CC(O)C(O)C2)C1. The van der Waals surface area contributed by atoms with Gasteiger partial charge in [0.05, 0.1) is 12.2 Å². The first-order valence-corrected chi connectivity index (χ1v) is 7.44. The first-order chi connectivity index (χ1) is 8.60. The van der Waals surface area contributed by atoms with E-state index in [4.69, 9.17) is 5.73 Å². The van der Waals surface area contributed by atoms with Crippen molar-refractivity contribution in [1.82, 2.24) is 4.90 Å². The molecule has 0 amide bonds. The minimum Gasteiger partial charge on any atom is -0.389 e. The summed E-state index contributed by atoms with van der Waals surface area (Å²) in [5, 5.41) is 19.2. The summed E-state index contributed by atoms with van der Waals surface area (Å²) in [7, 11) is 0. The van der Waals surface area contributed by atoms with E-state index in [1.165, 1.54) is 25.7 Å². The average Bonchev–Trinajstić information content (AvgIpc) is 2.63. The molecule has 106 valence electrons. The van der Waals surface area contributed by atoms with Gasteiger partial charge >= 0.3 is 0 Å². The van der Waals surface area contributed by atoms with Gasteiger partial charge in [0.15, 0.2) is 0 Å². The van der Waals surface area contributed by atoms with E-state index in [2.05, 4.69) is 11.8 Å². The summed E-state index contributed by atoms with van der Waals surface area (Å²) in [6.45, 7) is 4.39. The van der Waals surface area contributed by atoms with Gasteiger partial charge in [-0.2, -0.15) is 0 Å². The maximum absolute atomic E-state index is 9.58. The molecule has 1 saturated heterocycles. The molecule has 1 heterocycles. The molecule has 2 fully saturated rings. The van der Waals surface area contributed by atoms with E-state index in [-0.39, 0.29) is 0 Å². The number of hydrogen-bond donors (Lipinski definition) is 3. The molecular formula is C14H28N2O2. The summed E-state index contributed by atoms with van der Waals surface area (Å²) in [5.74, 6) is 1.37. The van der Waals surface area contributed by atoms with Gasteiger partial charge < -0.3 is 15.9 Å². The fourth-order valence-corrected chi connectivity index (χ4v) is 3.59. The first kappa shape index (κ1) is 14.3. The van der Waals surface area contributed by atoms with Crippen molar-refractivity contribution in [2.24, 2.45) is 17.6 Å². The molecule has 0 aromatic carbocycles. The lowest BCUT2D eigenvalue weighted by molar-refractivity contribution is 0.0572. The molecule has 1 saturated carbocycles. The van der Waals surface area contributed by atoms with E-state index in [0.717, 1.165) is 18.9 Å². The standard InChI is InChI=1S/C14H28N2O2/c1-2-3-10-4-5-12(15)11(6-10)7-16-8-13(17)14(18)9-16/h10-14,17-18H,2-9,15H2,1H3. The molecule has 4 nitrogen and oxygen atoms in total. The third-order valence-electron chi connectivity index (χ3n) is 4.67. The van der Waals surface area contributed by atoms with Gasteiger partial charge in [-0.1, -0.05) is 19.8 Å². The van der Waals surface area contributed by atoms with Gasteiger partial charge in [-0.05, 0) is 31.1 Å². The van der Waals surface area contributed by atoms with Crippen LogP contribution in [-0.4, -0.2) is 53.0 Å². The molecular weight excluding hydrogens is 228 g/mol. The van der Waals surface area contributed by atoms with Gasteiger partial charge in [0.1, 0.15) is 0 Å². The Bertz CT molecular complexity index is 252. The summed E-state index contributed by atoms with van der Waals surface area (Å²) in [6.07, 6.45) is 5.05. The van der Waals surface area contributed by atoms with E-state index in [1.54, 1.807) is 0 Å². The second-order valence-electron chi connectivity index (χ2n) is 6.24. The molecule has 1 aliphatic carbocycles. The Hall–Kier alpha value is -0.160. The molecule has 4 N–H and O–H groups in total. The van der Waals surface area contributed by atoms with Crippen LogP contribution in [0.3, 0.4) is 0 Å². The monoisotopic (exact) mass is 256 g/mol. The fourth-order valence-electron chi connectivity index (χ4n) is 3.59. The smallest absolute Gasteiger partial charge is 0.0938 e. The summed E-state index contributed by atoms with van der Waals surface area (Å²) in [5.41, 5.74) is 6.23. The Morgan fingerprint density at radius 3 is 2.44 bits per heavy atom. The van der Waals surface area contributed by atoms with E-state index in [0.29, 0.717) is 25.0 Å². The highest BCUT2D eigenvalue weighted by Gasteiger charge is 2.34. The summed E-state index contributed by atoms with van der Waals surface area (Å²) in [4.78, 5) is 2.17. The van der Waals surface area contributed by atoms with Crippen molar-refractivity contribution in [2.45, 2.75) is 57.3 Å². The van der Waals surface area contributed by atoms with E-state index < -0.39 is 12.2 Å². The topological polar surface area (TPSA) is 69.7 Å². The number of aliphatic hydroxyl groups excluding tert-OH is 2. The van der Waals surface area contributed by atoms with Crippen LogP contribution in [0, 0.1) is 11.8 Å². The summed E-state index contributed by atoms with van der Waals surface area (Å²) in [6, 6.07) is 0.299. The maximum Gasteiger partial charge on any atom is 0.0938 e. The number of β-amino-alcohol motifs (C(OH)–C–C–N with tert-alkyl or cyclic N) is 2. The van der Waals surface area contributed by atoms with Crippen molar-refractivity contribution in [2.75, 3.05) is 19.6 Å². The predicted molar refractivity (Wildman–Crippen MR) is 72.2 cm³/mol. The number of nitrogens with zero attached hydrogens (tertiary/aromatic N) is 1. The highest BCUT2D eigenvalue weighted by atomic mass is 16.3. The second kappa shape index (κ2) is 6.33. The molecule has 18 heavy (non-hydrogen) atoms. The maximum atomic E-state index is 9.58. The number of rotatable bonds is 4. The highest BCUT2D eigenvalue weighted by molar-refractivity contribution is 4.89.